The number of hydrogen-bond acceptors (Lipinski definition) is 3. The third kappa shape index (κ3) is 2.29. The molecular formula is C14H16N2O. The topological polar surface area (TPSA) is 36.4 Å². The van der Waals surface area contributed by atoms with Crippen molar-refractivity contribution in [3.05, 3.63) is 48.6 Å². The first-order valence-electron chi connectivity index (χ1n) is 5.58. The second kappa shape index (κ2) is 4.97. The van der Waals surface area contributed by atoms with E-state index in [1.54, 1.807) is 0 Å². The average molecular weight is 228 g/mol. The molecule has 2 aromatic rings. The summed E-state index contributed by atoms with van der Waals surface area (Å²) in [5, 5.41) is 10.5. The van der Waals surface area contributed by atoms with Gasteiger partial charge < -0.3 is 10.0 Å². The fourth-order valence-electron chi connectivity index (χ4n) is 1.88. The van der Waals surface area contributed by atoms with Crippen molar-refractivity contribution in [1.82, 2.24) is 4.98 Å². The lowest BCUT2D eigenvalue weighted by Crippen LogP contribution is -2.19. The number of likely N-dealkylation sites (N-methyl/N-ethyl adjacent to an activating group) is 1. The smallest absolute Gasteiger partial charge is 0.134 e. The SMILES string of the molecule is C=CCN(C)c1nc2ccccc2cc1CO. The molecule has 0 amide bonds. The summed E-state index contributed by atoms with van der Waals surface area (Å²) in [5.41, 5.74) is 1.78. The van der Waals surface area contributed by atoms with Gasteiger partial charge in [-0.2, -0.15) is 0 Å². The molecule has 1 aromatic heterocycles. The van der Waals surface area contributed by atoms with Gasteiger partial charge in [0, 0.05) is 24.5 Å². The zero-order valence-corrected chi connectivity index (χ0v) is 9.93. The van der Waals surface area contributed by atoms with Crippen LogP contribution in [0.1, 0.15) is 5.56 Å². The lowest BCUT2D eigenvalue weighted by Gasteiger charge is -2.19. The van der Waals surface area contributed by atoms with Crippen LogP contribution in [0, 0.1) is 0 Å². The number of aromatic nitrogens is 1. The van der Waals surface area contributed by atoms with Crippen molar-refractivity contribution in [2.24, 2.45) is 0 Å². The van der Waals surface area contributed by atoms with E-state index < -0.39 is 0 Å². The Labute approximate surface area is 101 Å². The van der Waals surface area contributed by atoms with Gasteiger partial charge in [-0.25, -0.2) is 4.98 Å². The van der Waals surface area contributed by atoms with Gasteiger partial charge in [0.05, 0.1) is 12.1 Å². The minimum Gasteiger partial charge on any atom is -0.392 e. The zero-order valence-electron chi connectivity index (χ0n) is 9.93. The first-order valence-corrected chi connectivity index (χ1v) is 5.58. The van der Waals surface area contributed by atoms with E-state index in [2.05, 4.69) is 11.6 Å². The van der Waals surface area contributed by atoms with Crippen molar-refractivity contribution in [2.45, 2.75) is 6.61 Å². The van der Waals surface area contributed by atoms with E-state index in [4.69, 9.17) is 0 Å². The summed E-state index contributed by atoms with van der Waals surface area (Å²) in [4.78, 5) is 6.56. The number of fused-ring (bicyclic) bond motifs is 1. The number of aliphatic hydroxyl groups is 1. The lowest BCUT2D eigenvalue weighted by atomic mass is 10.1. The van der Waals surface area contributed by atoms with Crippen molar-refractivity contribution in [2.75, 3.05) is 18.5 Å². The minimum atomic E-state index is -0.00531. The van der Waals surface area contributed by atoms with E-state index in [1.165, 1.54) is 0 Å². The maximum atomic E-state index is 9.40. The van der Waals surface area contributed by atoms with Crippen LogP contribution >= 0.6 is 0 Å². The second-order valence-corrected chi connectivity index (χ2v) is 3.99. The summed E-state index contributed by atoms with van der Waals surface area (Å²) in [6.45, 7) is 4.41. The van der Waals surface area contributed by atoms with Gasteiger partial charge in [0.15, 0.2) is 0 Å². The van der Waals surface area contributed by atoms with Gasteiger partial charge in [0.25, 0.3) is 0 Å². The number of nitrogens with zero attached hydrogens (tertiary/aromatic N) is 2. The predicted molar refractivity (Wildman–Crippen MR) is 71.1 cm³/mol. The highest BCUT2D eigenvalue weighted by Gasteiger charge is 2.09. The van der Waals surface area contributed by atoms with Crippen molar-refractivity contribution in [3.63, 3.8) is 0 Å². The summed E-state index contributed by atoms with van der Waals surface area (Å²) in [6.07, 6.45) is 1.82. The molecule has 17 heavy (non-hydrogen) atoms. The summed E-state index contributed by atoms with van der Waals surface area (Å²) in [7, 11) is 1.94. The predicted octanol–water partition coefficient (Wildman–Crippen LogP) is 2.35. The molecule has 1 N–H and O–H groups in total. The standard InChI is InChI=1S/C14H16N2O/c1-3-8-16(2)14-12(10-17)9-11-6-4-5-7-13(11)15-14/h3-7,9,17H,1,8,10H2,2H3. The fraction of sp³-hybridized carbons (Fsp3) is 0.214. The second-order valence-electron chi connectivity index (χ2n) is 3.99. The number of aliphatic hydroxyl groups excluding tert-OH is 1. The highest BCUT2D eigenvalue weighted by Crippen LogP contribution is 2.22. The molecule has 0 radical (unpaired) electrons. The summed E-state index contributed by atoms with van der Waals surface area (Å²) in [5.74, 6) is 0.811. The molecule has 0 saturated carbocycles. The Bertz CT molecular complexity index is 537. The molecule has 0 fully saturated rings. The molecule has 1 heterocycles. The molecule has 0 aliphatic rings. The van der Waals surface area contributed by atoms with Gasteiger partial charge in [-0.15, -0.1) is 6.58 Å². The van der Waals surface area contributed by atoms with Crippen molar-refractivity contribution in [1.29, 1.82) is 0 Å². The number of benzene rings is 1. The van der Waals surface area contributed by atoms with Gasteiger partial charge in [-0.05, 0) is 12.1 Å². The lowest BCUT2D eigenvalue weighted by molar-refractivity contribution is 0.282. The normalized spacial score (nSPS) is 10.5. The average Bonchev–Trinajstić information content (AvgIpc) is 2.37. The first kappa shape index (κ1) is 11.6. The number of pyridine rings is 1. The number of anilines is 1. The van der Waals surface area contributed by atoms with Crippen molar-refractivity contribution >= 4 is 16.7 Å². The zero-order chi connectivity index (χ0) is 12.3. The van der Waals surface area contributed by atoms with Gasteiger partial charge in [-0.3, -0.25) is 0 Å². The van der Waals surface area contributed by atoms with Gasteiger partial charge >= 0.3 is 0 Å². The van der Waals surface area contributed by atoms with Crippen LogP contribution in [0.3, 0.4) is 0 Å². The van der Waals surface area contributed by atoms with Gasteiger partial charge in [0.2, 0.25) is 0 Å². The van der Waals surface area contributed by atoms with Crippen LogP contribution in [0.4, 0.5) is 5.82 Å². The largest absolute Gasteiger partial charge is 0.392 e. The van der Waals surface area contributed by atoms with E-state index in [-0.39, 0.29) is 6.61 Å². The quantitative estimate of drug-likeness (QED) is 0.816. The van der Waals surface area contributed by atoms with Crippen LogP contribution in [0.5, 0.6) is 0 Å². The highest BCUT2D eigenvalue weighted by atomic mass is 16.3. The molecule has 0 unspecified atom stereocenters. The van der Waals surface area contributed by atoms with Crippen LogP contribution in [-0.4, -0.2) is 23.7 Å². The molecular weight excluding hydrogens is 212 g/mol. The number of rotatable bonds is 4. The molecule has 88 valence electrons. The summed E-state index contributed by atoms with van der Waals surface area (Å²) >= 11 is 0. The monoisotopic (exact) mass is 228 g/mol. The molecule has 3 heteroatoms. The molecule has 2 rings (SSSR count). The van der Waals surface area contributed by atoms with Crippen molar-refractivity contribution < 1.29 is 5.11 Å². The van der Waals surface area contributed by atoms with Crippen LogP contribution in [-0.2, 0) is 6.61 Å². The van der Waals surface area contributed by atoms with E-state index in [0.29, 0.717) is 6.54 Å². The Kier molecular flexibility index (Phi) is 3.40. The molecule has 0 saturated heterocycles. The number of para-hydroxylation sites is 1. The molecule has 0 aliphatic carbocycles. The van der Waals surface area contributed by atoms with E-state index >= 15 is 0 Å². The maximum Gasteiger partial charge on any atom is 0.134 e. The Balaban J connectivity index is 2.56. The summed E-state index contributed by atoms with van der Waals surface area (Å²) in [6, 6.07) is 9.89. The molecule has 0 spiro atoms. The fourth-order valence-corrected chi connectivity index (χ4v) is 1.88. The van der Waals surface area contributed by atoms with Crippen molar-refractivity contribution in [3.8, 4) is 0 Å². The first-order chi connectivity index (χ1) is 8.26. The van der Waals surface area contributed by atoms with Crippen LogP contribution < -0.4 is 4.90 Å². The van der Waals surface area contributed by atoms with Crippen LogP contribution in [0.2, 0.25) is 0 Å². The number of hydrogen-bond donors (Lipinski definition) is 1. The van der Waals surface area contributed by atoms with Crippen LogP contribution in [0.15, 0.2) is 43.0 Å². The summed E-state index contributed by atoms with van der Waals surface area (Å²) < 4.78 is 0. The van der Waals surface area contributed by atoms with E-state index in [0.717, 1.165) is 22.3 Å². The Morgan fingerprint density at radius 2 is 2.18 bits per heavy atom. The Morgan fingerprint density at radius 3 is 2.88 bits per heavy atom. The third-order valence-corrected chi connectivity index (χ3v) is 2.71. The van der Waals surface area contributed by atoms with E-state index in [9.17, 15) is 5.11 Å². The third-order valence-electron chi connectivity index (χ3n) is 2.71. The highest BCUT2D eigenvalue weighted by molar-refractivity contribution is 5.81. The molecule has 3 nitrogen and oxygen atoms in total. The van der Waals surface area contributed by atoms with Gasteiger partial charge in [0.1, 0.15) is 5.82 Å². The minimum absolute atomic E-state index is 0.00531. The van der Waals surface area contributed by atoms with Crippen LogP contribution in [0.25, 0.3) is 10.9 Å². The Morgan fingerprint density at radius 1 is 1.41 bits per heavy atom. The van der Waals surface area contributed by atoms with Gasteiger partial charge in [-0.1, -0.05) is 24.3 Å². The molecule has 0 atom stereocenters. The molecule has 0 bridgehead atoms. The Hall–Kier alpha value is -1.87. The molecule has 0 aliphatic heterocycles. The maximum absolute atomic E-state index is 9.40. The van der Waals surface area contributed by atoms with E-state index in [1.807, 2.05) is 48.4 Å². The molecule has 1 aromatic carbocycles.